The molecule has 0 N–H and O–H groups in total. The average molecular weight is 742 g/mol. The van der Waals surface area contributed by atoms with E-state index in [0.29, 0.717) is 0 Å². The van der Waals surface area contributed by atoms with Crippen LogP contribution in [-0.4, -0.2) is 0 Å². The summed E-state index contributed by atoms with van der Waals surface area (Å²) >= 11 is 0. The molecule has 3 nitrogen and oxygen atoms in total. The first-order valence-electron chi connectivity index (χ1n) is 19.8. The Labute approximate surface area is 335 Å². The van der Waals surface area contributed by atoms with Crippen molar-refractivity contribution >= 4 is 60.9 Å². The quantitative estimate of drug-likeness (QED) is 0.170. The summed E-state index contributed by atoms with van der Waals surface area (Å²) in [5.41, 5.74) is 15.8. The Morgan fingerprint density at radius 3 is 1.72 bits per heavy atom. The SMILES string of the molecule is c1ccc(-c2ccc(N(c3ccc4oc5ccccc5c4c3)c3cccc4oc5cc6c(cc5c34)-c3ccccc3C6(c3ccccc3)c3ccccc3)cc2)cc1. The lowest BCUT2D eigenvalue weighted by Crippen LogP contribution is -2.28. The standard InChI is InChI=1S/C55H35NO2/c1-4-15-36(16-5-1)37-27-29-40(30-28-37)56(41-31-32-51-45(33-41)43-22-11-13-25-50(43)57-51)49-24-14-26-52-54(49)46-34-44-42-21-10-12-23-47(42)55(38-17-6-2-7-18-38,39-19-8-3-9-20-39)48(44)35-53(46)58-52/h1-35H. The summed E-state index contributed by atoms with van der Waals surface area (Å²) in [4.78, 5) is 2.37. The molecule has 272 valence electrons. The highest BCUT2D eigenvalue weighted by molar-refractivity contribution is 6.16. The predicted molar refractivity (Wildman–Crippen MR) is 238 cm³/mol. The number of fused-ring (bicyclic) bond motifs is 9. The summed E-state index contributed by atoms with van der Waals surface area (Å²) in [7, 11) is 0. The molecule has 0 unspecified atom stereocenters. The van der Waals surface area contributed by atoms with Crippen LogP contribution < -0.4 is 4.90 Å². The van der Waals surface area contributed by atoms with Crippen LogP contribution in [0.1, 0.15) is 22.3 Å². The second-order valence-corrected chi connectivity index (χ2v) is 15.2. The minimum atomic E-state index is -0.514. The molecule has 0 saturated heterocycles. The summed E-state index contributed by atoms with van der Waals surface area (Å²) in [6, 6.07) is 76.1. The number of para-hydroxylation sites is 1. The van der Waals surface area contributed by atoms with Crippen molar-refractivity contribution in [2.24, 2.45) is 0 Å². The van der Waals surface area contributed by atoms with Crippen LogP contribution in [-0.2, 0) is 5.41 Å². The highest BCUT2D eigenvalue weighted by Gasteiger charge is 2.46. The van der Waals surface area contributed by atoms with E-state index in [9.17, 15) is 0 Å². The zero-order valence-corrected chi connectivity index (χ0v) is 31.5. The van der Waals surface area contributed by atoms with Crippen molar-refractivity contribution < 1.29 is 8.83 Å². The van der Waals surface area contributed by atoms with Crippen LogP contribution in [0.4, 0.5) is 17.1 Å². The zero-order chi connectivity index (χ0) is 38.2. The van der Waals surface area contributed by atoms with Crippen LogP contribution >= 0.6 is 0 Å². The van der Waals surface area contributed by atoms with Gasteiger partial charge in [-0.2, -0.15) is 0 Å². The van der Waals surface area contributed by atoms with Gasteiger partial charge in [-0.25, -0.2) is 0 Å². The fourth-order valence-corrected chi connectivity index (χ4v) is 9.64. The van der Waals surface area contributed by atoms with Crippen molar-refractivity contribution in [1.29, 1.82) is 0 Å². The van der Waals surface area contributed by atoms with Gasteiger partial charge >= 0.3 is 0 Å². The summed E-state index contributed by atoms with van der Waals surface area (Å²) in [6.45, 7) is 0. The molecule has 0 aliphatic heterocycles. The first kappa shape index (κ1) is 32.6. The normalized spacial score (nSPS) is 13.0. The van der Waals surface area contributed by atoms with Gasteiger partial charge in [0.15, 0.2) is 0 Å². The van der Waals surface area contributed by atoms with Crippen LogP contribution in [0.3, 0.4) is 0 Å². The highest BCUT2D eigenvalue weighted by atomic mass is 16.3. The highest BCUT2D eigenvalue weighted by Crippen LogP contribution is 2.58. The van der Waals surface area contributed by atoms with E-state index in [1.54, 1.807) is 0 Å². The second-order valence-electron chi connectivity index (χ2n) is 15.2. The molecule has 2 heterocycles. The maximum Gasteiger partial charge on any atom is 0.137 e. The summed E-state index contributed by atoms with van der Waals surface area (Å²) < 4.78 is 13.3. The Morgan fingerprint density at radius 2 is 0.948 bits per heavy atom. The molecule has 0 fully saturated rings. The van der Waals surface area contributed by atoms with Gasteiger partial charge in [0, 0.05) is 27.5 Å². The fraction of sp³-hybridized carbons (Fsp3) is 0.0182. The van der Waals surface area contributed by atoms with Gasteiger partial charge in [0.25, 0.3) is 0 Å². The largest absolute Gasteiger partial charge is 0.456 e. The first-order valence-corrected chi connectivity index (χ1v) is 19.8. The molecule has 0 bridgehead atoms. The average Bonchev–Trinajstić information content (AvgIpc) is 3.95. The molecule has 0 spiro atoms. The van der Waals surface area contributed by atoms with Crippen molar-refractivity contribution in [2.75, 3.05) is 4.90 Å². The van der Waals surface area contributed by atoms with Crippen LogP contribution in [0.15, 0.2) is 221 Å². The van der Waals surface area contributed by atoms with Gasteiger partial charge in [0.2, 0.25) is 0 Å². The Balaban J connectivity index is 1.12. The Bertz CT molecular complexity index is 3290. The number of nitrogens with zero attached hydrogens (tertiary/aromatic N) is 1. The van der Waals surface area contributed by atoms with E-state index in [2.05, 4.69) is 205 Å². The van der Waals surface area contributed by atoms with Crippen LogP contribution in [0, 0.1) is 0 Å². The number of furan rings is 2. The lowest BCUT2D eigenvalue weighted by Gasteiger charge is -2.33. The topological polar surface area (TPSA) is 29.5 Å². The number of benzene rings is 9. The molecule has 11 aromatic rings. The van der Waals surface area contributed by atoms with E-state index in [1.165, 1.54) is 44.5 Å². The Hall–Kier alpha value is -7.62. The third kappa shape index (κ3) is 4.74. The molecule has 0 radical (unpaired) electrons. The summed E-state index contributed by atoms with van der Waals surface area (Å²) in [5.74, 6) is 0. The third-order valence-electron chi connectivity index (χ3n) is 12.1. The summed E-state index contributed by atoms with van der Waals surface area (Å²) in [6.07, 6.45) is 0. The molecule has 1 aliphatic carbocycles. The molecule has 3 heteroatoms. The summed E-state index contributed by atoms with van der Waals surface area (Å²) in [5, 5.41) is 4.33. The van der Waals surface area contributed by atoms with Gasteiger partial charge in [0.1, 0.15) is 22.3 Å². The van der Waals surface area contributed by atoms with Crippen molar-refractivity contribution in [3.8, 4) is 22.3 Å². The van der Waals surface area contributed by atoms with Gasteiger partial charge < -0.3 is 13.7 Å². The number of hydrogen-bond donors (Lipinski definition) is 0. The van der Waals surface area contributed by atoms with Crippen molar-refractivity contribution in [1.82, 2.24) is 0 Å². The Morgan fingerprint density at radius 1 is 0.345 bits per heavy atom. The number of rotatable bonds is 6. The van der Waals surface area contributed by atoms with E-state index in [-0.39, 0.29) is 0 Å². The minimum absolute atomic E-state index is 0.514. The minimum Gasteiger partial charge on any atom is -0.456 e. The van der Waals surface area contributed by atoms with Gasteiger partial charge in [-0.15, -0.1) is 0 Å². The number of hydrogen-bond acceptors (Lipinski definition) is 3. The van der Waals surface area contributed by atoms with E-state index in [0.717, 1.165) is 60.9 Å². The van der Waals surface area contributed by atoms with Crippen molar-refractivity contribution in [3.05, 3.63) is 235 Å². The molecule has 12 rings (SSSR count). The van der Waals surface area contributed by atoms with E-state index in [4.69, 9.17) is 8.83 Å². The second kappa shape index (κ2) is 12.7. The van der Waals surface area contributed by atoms with Crippen LogP contribution in [0.2, 0.25) is 0 Å². The molecule has 1 aliphatic rings. The molecule has 0 saturated carbocycles. The van der Waals surface area contributed by atoms with Crippen LogP contribution in [0.25, 0.3) is 66.1 Å². The maximum absolute atomic E-state index is 6.95. The fourth-order valence-electron chi connectivity index (χ4n) is 9.64. The van der Waals surface area contributed by atoms with Gasteiger partial charge in [0.05, 0.1) is 16.5 Å². The molecule has 0 amide bonds. The molecular weight excluding hydrogens is 707 g/mol. The van der Waals surface area contributed by atoms with Crippen molar-refractivity contribution in [3.63, 3.8) is 0 Å². The molecule has 0 atom stereocenters. The monoisotopic (exact) mass is 741 g/mol. The van der Waals surface area contributed by atoms with Gasteiger partial charge in [-0.1, -0.05) is 152 Å². The third-order valence-corrected chi connectivity index (χ3v) is 12.1. The van der Waals surface area contributed by atoms with Gasteiger partial charge in [-0.05, 0) is 105 Å². The lowest BCUT2D eigenvalue weighted by atomic mass is 9.67. The predicted octanol–water partition coefficient (Wildman–Crippen LogP) is 15.0. The Kier molecular flexibility index (Phi) is 7.14. The van der Waals surface area contributed by atoms with E-state index >= 15 is 0 Å². The van der Waals surface area contributed by atoms with E-state index < -0.39 is 5.41 Å². The molecular formula is C55H35NO2. The lowest BCUT2D eigenvalue weighted by molar-refractivity contribution is 0.666. The molecule has 58 heavy (non-hydrogen) atoms. The maximum atomic E-state index is 6.95. The van der Waals surface area contributed by atoms with Crippen LogP contribution in [0.5, 0.6) is 0 Å². The number of anilines is 3. The zero-order valence-electron chi connectivity index (χ0n) is 31.5. The molecule has 9 aromatic carbocycles. The smallest absolute Gasteiger partial charge is 0.137 e. The first-order chi connectivity index (χ1) is 28.8. The van der Waals surface area contributed by atoms with Gasteiger partial charge in [-0.3, -0.25) is 0 Å². The van der Waals surface area contributed by atoms with E-state index in [1.807, 2.05) is 12.1 Å². The van der Waals surface area contributed by atoms with Crippen molar-refractivity contribution in [2.45, 2.75) is 5.41 Å². The molecule has 2 aromatic heterocycles.